The van der Waals surface area contributed by atoms with Gasteiger partial charge in [0.1, 0.15) is 5.82 Å². The maximum atomic E-state index is 5.41. The molecule has 0 bridgehead atoms. The van der Waals surface area contributed by atoms with E-state index in [1.807, 2.05) is 0 Å². The predicted molar refractivity (Wildman–Crippen MR) is 37.7 cm³/mol. The third-order valence-corrected chi connectivity index (χ3v) is 1.21. The number of nitrogen functional groups attached to an aromatic ring is 1. The van der Waals surface area contributed by atoms with Gasteiger partial charge in [-0.2, -0.15) is 0 Å². The molecule has 0 aliphatic rings. The molecule has 0 aliphatic heterocycles. The number of hydrogen-bond acceptors (Lipinski definition) is 4. The van der Waals surface area contributed by atoms with Crippen LogP contribution in [-0.2, 0) is 0 Å². The lowest BCUT2D eigenvalue weighted by molar-refractivity contribution is 0.922. The van der Waals surface area contributed by atoms with E-state index in [0.29, 0.717) is 11.6 Å². The van der Waals surface area contributed by atoms with Gasteiger partial charge >= 0.3 is 0 Å². The number of nitrogens with two attached hydrogens (primary N) is 1. The molecule has 1 heterocycles. The van der Waals surface area contributed by atoms with E-state index in [1.165, 1.54) is 10.0 Å². The Morgan fingerprint density at radius 2 is 2.33 bits per heavy atom. The van der Waals surface area contributed by atoms with E-state index in [4.69, 9.17) is 5.84 Å². The quantitative estimate of drug-likeness (QED) is 0.430. The van der Waals surface area contributed by atoms with Crippen LogP contribution in [0.1, 0.15) is 11.6 Å². The van der Waals surface area contributed by atoms with Crippen LogP contribution in [-0.4, -0.2) is 20.2 Å². The third kappa shape index (κ3) is 0.904. The summed E-state index contributed by atoms with van der Waals surface area (Å²) in [6.45, 7) is 1.76. The van der Waals surface area contributed by atoms with Crippen molar-refractivity contribution in [3.8, 4) is 0 Å². The maximum absolute atomic E-state index is 5.41. The molecule has 2 N–H and O–H groups in total. The fourth-order valence-electron chi connectivity index (χ4n) is 0.466. The number of thiocarbonyl (C=S) groups is 1. The number of rotatable bonds is 1. The molecule has 5 heteroatoms. The fraction of sp³-hybridized carbons (Fsp3) is 0.250. The van der Waals surface area contributed by atoms with Crippen molar-refractivity contribution in [1.82, 2.24) is 14.9 Å². The lowest BCUT2D eigenvalue weighted by Crippen LogP contribution is -2.13. The molecule has 1 aromatic rings. The molecule has 1 rings (SSSR count). The van der Waals surface area contributed by atoms with Crippen molar-refractivity contribution in [3.05, 3.63) is 11.6 Å². The second-order valence-electron chi connectivity index (χ2n) is 1.59. The van der Waals surface area contributed by atoms with Crippen molar-refractivity contribution in [2.24, 2.45) is 0 Å². The zero-order valence-corrected chi connectivity index (χ0v) is 5.72. The second-order valence-corrected chi connectivity index (χ2v) is 1.83. The Labute approximate surface area is 57.7 Å². The highest BCUT2D eigenvalue weighted by atomic mass is 32.1. The molecule has 0 spiro atoms. The molecule has 0 aliphatic carbocycles. The highest BCUT2D eigenvalue weighted by Gasteiger charge is 1.99. The summed E-state index contributed by atoms with van der Waals surface area (Å²) in [6, 6.07) is 0. The molecule has 9 heavy (non-hydrogen) atoms. The van der Waals surface area contributed by atoms with E-state index in [2.05, 4.69) is 22.4 Å². The molecular formula is C4H6N4S. The standard InChI is InChI=1S/C4H6N4S/c1-3-6-7-4(2-9)8(3)5/h2H,5H2,1H3. The highest BCUT2D eigenvalue weighted by molar-refractivity contribution is 7.79. The molecule has 0 radical (unpaired) electrons. The summed E-state index contributed by atoms with van der Waals surface area (Å²) in [5.74, 6) is 6.58. The Hall–Kier alpha value is -0.970. The average molecular weight is 142 g/mol. The first-order valence-electron chi connectivity index (χ1n) is 2.38. The first-order chi connectivity index (χ1) is 4.25. The Balaban J connectivity index is 3.18. The van der Waals surface area contributed by atoms with Crippen LogP contribution < -0.4 is 5.84 Å². The van der Waals surface area contributed by atoms with E-state index in [0.717, 1.165) is 0 Å². The molecule has 0 amide bonds. The van der Waals surface area contributed by atoms with Crippen molar-refractivity contribution in [1.29, 1.82) is 0 Å². The van der Waals surface area contributed by atoms with E-state index < -0.39 is 0 Å². The zero-order valence-electron chi connectivity index (χ0n) is 4.90. The van der Waals surface area contributed by atoms with Gasteiger partial charge in [0.2, 0.25) is 0 Å². The third-order valence-electron chi connectivity index (χ3n) is 0.998. The van der Waals surface area contributed by atoms with Crippen LogP contribution in [0.4, 0.5) is 0 Å². The first-order valence-corrected chi connectivity index (χ1v) is 2.85. The summed E-state index contributed by atoms with van der Waals surface area (Å²) >= 11 is 4.59. The van der Waals surface area contributed by atoms with E-state index in [-0.39, 0.29) is 0 Å². The zero-order chi connectivity index (χ0) is 6.85. The van der Waals surface area contributed by atoms with Crippen LogP contribution in [0.3, 0.4) is 0 Å². The van der Waals surface area contributed by atoms with E-state index >= 15 is 0 Å². The van der Waals surface area contributed by atoms with Gasteiger partial charge in [-0.15, -0.1) is 10.2 Å². The summed E-state index contributed by atoms with van der Waals surface area (Å²) in [7, 11) is 0. The molecule has 0 unspecified atom stereocenters. The largest absolute Gasteiger partial charge is 0.336 e. The summed E-state index contributed by atoms with van der Waals surface area (Å²) in [6.07, 6.45) is 0. The van der Waals surface area contributed by atoms with Crippen LogP contribution in [0, 0.1) is 6.92 Å². The molecule has 0 saturated heterocycles. The topological polar surface area (TPSA) is 56.7 Å². The SMILES string of the molecule is Cc1nnc(C=S)n1N. The van der Waals surface area contributed by atoms with Crippen molar-refractivity contribution in [2.45, 2.75) is 6.92 Å². The van der Waals surface area contributed by atoms with Gasteiger partial charge in [0.05, 0.1) is 0 Å². The van der Waals surface area contributed by atoms with Gasteiger partial charge in [-0.25, -0.2) is 4.68 Å². The monoisotopic (exact) mass is 142 g/mol. The summed E-state index contributed by atoms with van der Waals surface area (Å²) < 4.78 is 1.34. The van der Waals surface area contributed by atoms with Crippen molar-refractivity contribution < 1.29 is 0 Å². The molecule has 0 fully saturated rings. The van der Waals surface area contributed by atoms with Crippen LogP contribution in [0.25, 0.3) is 0 Å². The fourth-order valence-corrected chi connectivity index (χ4v) is 0.627. The Kier molecular flexibility index (Phi) is 1.44. The second kappa shape index (κ2) is 2.10. The van der Waals surface area contributed by atoms with Gasteiger partial charge in [-0.05, 0) is 6.92 Å². The lowest BCUT2D eigenvalue weighted by Gasteiger charge is -1.91. The van der Waals surface area contributed by atoms with E-state index in [1.54, 1.807) is 6.92 Å². The van der Waals surface area contributed by atoms with Gasteiger partial charge in [-0.1, -0.05) is 12.2 Å². The smallest absolute Gasteiger partial charge is 0.185 e. The maximum Gasteiger partial charge on any atom is 0.185 e. The molecule has 4 nitrogen and oxygen atoms in total. The number of aryl methyl sites for hydroxylation is 1. The number of hydrogen-bond donors (Lipinski definition) is 1. The van der Waals surface area contributed by atoms with Gasteiger partial charge in [0.25, 0.3) is 0 Å². The van der Waals surface area contributed by atoms with Crippen LogP contribution in [0.5, 0.6) is 0 Å². The minimum Gasteiger partial charge on any atom is -0.336 e. The molecule has 0 aromatic carbocycles. The minimum atomic E-state index is 0.516. The van der Waals surface area contributed by atoms with Gasteiger partial charge in [0.15, 0.2) is 5.82 Å². The summed E-state index contributed by atoms with van der Waals surface area (Å²) in [5, 5.41) is 8.73. The highest BCUT2D eigenvalue weighted by Crippen LogP contribution is 1.89. The first kappa shape index (κ1) is 6.15. The lowest BCUT2D eigenvalue weighted by atomic mass is 10.7. The molecular weight excluding hydrogens is 136 g/mol. The Morgan fingerprint density at radius 3 is 2.56 bits per heavy atom. The van der Waals surface area contributed by atoms with E-state index in [9.17, 15) is 0 Å². The molecule has 1 aromatic heterocycles. The predicted octanol–water partition coefficient (Wildman–Crippen LogP) is -0.352. The molecule has 0 atom stereocenters. The average Bonchev–Trinajstić information content (AvgIpc) is 2.15. The van der Waals surface area contributed by atoms with Gasteiger partial charge < -0.3 is 5.84 Å². The molecule has 0 saturated carbocycles. The van der Waals surface area contributed by atoms with Crippen LogP contribution in [0.15, 0.2) is 0 Å². The normalized spacial score (nSPS) is 9.44. The van der Waals surface area contributed by atoms with Crippen molar-refractivity contribution in [3.63, 3.8) is 0 Å². The van der Waals surface area contributed by atoms with Gasteiger partial charge in [0, 0.05) is 5.37 Å². The molecule has 48 valence electrons. The summed E-state index contributed by atoms with van der Waals surface area (Å²) in [5.41, 5.74) is 0. The van der Waals surface area contributed by atoms with Crippen LogP contribution in [0.2, 0.25) is 0 Å². The van der Waals surface area contributed by atoms with Crippen molar-refractivity contribution >= 4 is 17.6 Å². The van der Waals surface area contributed by atoms with Crippen molar-refractivity contribution in [2.75, 3.05) is 5.84 Å². The van der Waals surface area contributed by atoms with Crippen LogP contribution >= 0.6 is 12.2 Å². The van der Waals surface area contributed by atoms with Gasteiger partial charge in [-0.3, -0.25) is 0 Å². The minimum absolute atomic E-state index is 0.516. The number of aromatic nitrogens is 3. The number of nitrogens with zero attached hydrogens (tertiary/aromatic N) is 3. The Bertz CT molecular complexity index is 228. The summed E-state index contributed by atoms with van der Waals surface area (Å²) in [4.78, 5) is 0. The Morgan fingerprint density at radius 1 is 1.67 bits per heavy atom.